The number of nitro groups is 1. The van der Waals surface area contributed by atoms with Gasteiger partial charge in [-0.1, -0.05) is 22.0 Å². The van der Waals surface area contributed by atoms with Gasteiger partial charge in [0.15, 0.2) is 6.10 Å². The zero-order valence-corrected chi connectivity index (χ0v) is 17.5. The van der Waals surface area contributed by atoms with Crippen LogP contribution in [0.15, 0.2) is 57.9 Å². The monoisotopic (exact) mass is 467 g/mol. The Hall–Kier alpha value is -2.59. The number of hydrogen-bond donors (Lipinski definition) is 2. The van der Waals surface area contributed by atoms with Crippen LogP contribution in [0.1, 0.15) is 13.8 Å². The van der Waals surface area contributed by atoms with E-state index in [0.29, 0.717) is 10.6 Å². The maximum absolute atomic E-state index is 12.2. The first-order valence-corrected chi connectivity index (χ1v) is 9.86. The molecule has 0 saturated carbocycles. The zero-order valence-electron chi connectivity index (χ0n) is 15.0. The fraction of sp³-hybridized carbons (Fsp3) is 0.222. The minimum Gasteiger partial charge on any atom is -0.481 e. The summed E-state index contributed by atoms with van der Waals surface area (Å²) in [5.41, 5.74) is 4.66. The van der Waals surface area contributed by atoms with Gasteiger partial charge in [-0.25, -0.2) is 0 Å². The number of ether oxygens (including phenoxy) is 1. The number of halogens is 1. The number of hydrazine groups is 1. The van der Waals surface area contributed by atoms with Crippen LogP contribution >= 0.6 is 27.7 Å². The Kier molecular flexibility index (Phi) is 7.82. The number of carbonyl (C=O) groups is 2. The number of benzene rings is 2. The fourth-order valence-corrected chi connectivity index (χ4v) is 3.27. The van der Waals surface area contributed by atoms with E-state index in [9.17, 15) is 19.7 Å². The molecule has 2 aromatic rings. The largest absolute Gasteiger partial charge is 0.481 e. The molecule has 0 fully saturated rings. The van der Waals surface area contributed by atoms with Crippen LogP contribution in [0.25, 0.3) is 0 Å². The normalized spacial score (nSPS) is 12.5. The van der Waals surface area contributed by atoms with E-state index in [4.69, 9.17) is 4.74 Å². The molecule has 0 bridgehead atoms. The number of amides is 2. The van der Waals surface area contributed by atoms with Crippen LogP contribution in [-0.2, 0) is 9.59 Å². The predicted octanol–water partition coefficient (Wildman–Crippen LogP) is 3.45. The minimum absolute atomic E-state index is 0.0202. The zero-order chi connectivity index (χ0) is 20.7. The molecule has 2 N–H and O–H groups in total. The van der Waals surface area contributed by atoms with E-state index in [0.717, 1.165) is 4.47 Å². The quantitative estimate of drug-likeness (QED) is 0.366. The number of thioether (sulfide) groups is 1. The summed E-state index contributed by atoms with van der Waals surface area (Å²) in [6.45, 7) is 3.23. The van der Waals surface area contributed by atoms with E-state index in [-0.39, 0.29) is 5.69 Å². The van der Waals surface area contributed by atoms with E-state index in [2.05, 4.69) is 26.8 Å². The maximum Gasteiger partial charge on any atom is 0.279 e. The molecule has 0 heterocycles. The first-order chi connectivity index (χ1) is 13.3. The van der Waals surface area contributed by atoms with Crippen molar-refractivity contribution in [2.45, 2.75) is 30.1 Å². The van der Waals surface area contributed by atoms with Gasteiger partial charge in [0, 0.05) is 21.5 Å². The number of nitrogens with one attached hydrogen (secondary N) is 2. The minimum atomic E-state index is -0.813. The highest BCUT2D eigenvalue weighted by Gasteiger charge is 2.19. The van der Waals surface area contributed by atoms with Crippen LogP contribution in [-0.4, -0.2) is 28.1 Å². The molecule has 0 aliphatic heterocycles. The smallest absolute Gasteiger partial charge is 0.279 e. The Morgan fingerprint density at radius 2 is 1.75 bits per heavy atom. The topological polar surface area (TPSA) is 111 Å². The van der Waals surface area contributed by atoms with Crippen molar-refractivity contribution in [2.75, 3.05) is 0 Å². The number of non-ortho nitro benzene ring substituents is 1. The van der Waals surface area contributed by atoms with Gasteiger partial charge in [0.2, 0.25) is 0 Å². The van der Waals surface area contributed by atoms with Crippen LogP contribution in [0.5, 0.6) is 5.75 Å². The SMILES string of the molecule is CC(Oc1cccc(Br)c1)C(=O)NNC(=O)C(C)Sc1ccc([N+](=O)[O-])cc1. The van der Waals surface area contributed by atoms with E-state index in [1.54, 1.807) is 44.2 Å². The van der Waals surface area contributed by atoms with Gasteiger partial charge in [-0.2, -0.15) is 0 Å². The highest BCUT2D eigenvalue weighted by Crippen LogP contribution is 2.25. The van der Waals surface area contributed by atoms with Crippen LogP contribution in [0.4, 0.5) is 5.69 Å². The fourth-order valence-electron chi connectivity index (χ4n) is 2.03. The van der Waals surface area contributed by atoms with Gasteiger partial charge in [-0.05, 0) is 44.2 Å². The summed E-state index contributed by atoms with van der Waals surface area (Å²) in [5.74, 6) is -0.391. The highest BCUT2D eigenvalue weighted by atomic mass is 79.9. The lowest BCUT2D eigenvalue weighted by molar-refractivity contribution is -0.384. The Morgan fingerprint density at radius 3 is 2.36 bits per heavy atom. The Morgan fingerprint density at radius 1 is 1.11 bits per heavy atom. The Labute approximate surface area is 174 Å². The molecule has 2 amide bonds. The van der Waals surface area contributed by atoms with E-state index in [1.165, 1.54) is 23.9 Å². The molecule has 10 heteroatoms. The van der Waals surface area contributed by atoms with Crippen molar-refractivity contribution in [2.24, 2.45) is 0 Å². The first kappa shape index (κ1) is 21.7. The second-order valence-electron chi connectivity index (χ2n) is 5.71. The Bertz CT molecular complexity index is 863. The van der Waals surface area contributed by atoms with E-state index < -0.39 is 28.1 Å². The molecule has 2 rings (SSSR count). The van der Waals surface area contributed by atoms with Crippen LogP contribution < -0.4 is 15.6 Å². The van der Waals surface area contributed by atoms with Crippen molar-refractivity contribution in [3.05, 3.63) is 63.1 Å². The highest BCUT2D eigenvalue weighted by molar-refractivity contribution is 9.10. The number of nitrogens with zero attached hydrogens (tertiary/aromatic N) is 1. The predicted molar refractivity (Wildman–Crippen MR) is 109 cm³/mol. The van der Waals surface area contributed by atoms with Crippen molar-refractivity contribution in [1.82, 2.24) is 10.9 Å². The molecule has 0 aliphatic carbocycles. The van der Waals surface area contributed by atoms with Gasteiger partial charge in [-0.3, -0.25) is 30.6 Å². The molecule has 0 saturated heterocycles. The van der Waals surface area contributed by atoms with E-state index >= 15 is 0 Å². The number of hydrogen-bond acceptors (Lipinski definition) is 6. The molecule has 148 valence electrons. The molecule has 0 radical (unpaired) electrons. The summed E-state index contributed by atoms with van der Waals surface area (Å²) >= 11 is 4.53. The first-order valence-electron chi connectivity index (χ1n) is 8.19. The molecule has 0 spiro atoms. The van der Waals surface area contributed by atoms with Gasteiger partial charge in [0.25, 0.3) is 17.5 Å². The number of rotatable bonds is 7. The van der Waals surface area contributed by atoms with Crippen LogP contribution in [0, 0.1) is 10.1 Å². The summed E-state index contributed by atoms with van der Waals surface area (Å²) in [7, 11) is 0. The molecular formula is C18H18BrN3O5S. The summed E-state index contributed by atoms with van der Waals surface area (Å²) in [6.07, 6.45) is -0.813. The van der Waals surface area contributed by atoms with E-state index in [1.807, 2.05) is 6.07 Å². The molecule has 2 aromatic carbocycles. The van der Waals surface area contributed by atoms with Gasteiger partial charge in [0.05, 0.1) is 10.2 Å². The third-order valence-electron chi connectivity index (χ3n) is 3.52. The Balaban J connectivity index is 1.81. The molecule has 28 heavy (non-hydrogen) atoms. The molecule has 2 unspecified atom stereocenters. The standard InChI is InChI=1S/C18H18BrN3O5S/c1-11(27-15-5-3-4-13(19)10-15)17(23)20-21-18(24)12(2)28-16-8-6-14(7-9-16)22(25)26/h3-12H,1-2H3,(H,20,23)(H,21,24). The summed E-state index contributed by atoms with van der Waals surface area (Å²) in [4.78, 5) is 35.1. The average Bonchev–Trinajstić information content (AvgIpc) is 2.66. The van der Waals surface area contributed by atoms with Gasteiger partial charge < -0.3 is 4.74 Å². The number of carbonyl (C=O) groups excluding carboxylic acids is 2. The summed E-state index contributed by atoms with van der Waals surface area (Å²) in [5, 5.41) is 10.1. The lowest BCUT2D eigenvalue weighted by Gasteiger charge is -2.17. The maximum atomic E-state index is 12.2. The van der Waals surface area contributed by atoms with Crippen molar-refractivity contribution >= 4 is 45.2 Å². The molecule has 8 nitrogen and oxygen atoms in total. The van der Waals surface area contributed by atoms with Crippen LogP contribution in [0.3, 0.4) is 0 Å². The second kappa shape index (κ2) is 10.1. The summed E-state index contributed by atoms with van der Waals surface area (Å²) in [6, 6.07) is 12.9. The van der Waals surface area contributed by atoms with Crippen molar-refractivity contribution in [3.63, 3.8) is 0 Å². The van der Waals surface area contributed by atoms with Crippen molar-refractivity contribution < 1.29 is 19.2 Å². The lowest BCUT2D eigenvalue weighted by atomic mass is 10.3. The van der Waals surface area contributed by atoms with Crippen molar-refractivity contribution in [3.8, 4) is 5.75 Å². The van der Waals surface area contributed by atoms with Crippen molar-refractivity contribution in [1.29, 1.82) is 0 Å². The molecule has 0 aromatic heterocycles. The summed E-state index contributed by atoms with van der Waals surface area (Å²) < 4.78 is 6.34. The van der Waals surface area contributed by atoms with Gasteiger partial charge in [-0.15, -0.1) is 11.8 Å². The third-order valence-corrected chi connectivity index (χ3v) is 5.12. The molecule has 0 aliphatic rings. The second-order valence-corrected chi connectivity index (χ2v) is 8.04. The average molecular weight is 468 g/mol. The lowest BCUT2D eigenvalue weighted by Crippen LogP contribution is -2.49. The third kappa shape index (κ3) is 6.54. The van der Waals surface area contributed by atoms with Gasteiger partial charge in [0.1, 0.15) is 5.75 Å². The number of nitro benzene ring substituents is 1. The van der Waals surface area contributed by atoms with Crippen LogP contribution in [0.2, 0.25) is 0 Å². The van der Waals surface area contributed by atoms with Gasteiger partial charge >= 0.3 is 0 Å². The molecular weight excluding hydrogens is 450 g/mol. The molecule has 2 atom stereocenters.